The molecule has 1 aromatic carbocycles. The van der Waals surface area contributed by atoms with Crippen molar-refractivity contribution in [3.05, 3.63) is 54.1 Å². The molecular formula is C19H25N3O2. The van der Waals surface area contributed by atoms with E-state index in [1.54, 1.807) is 12.5 Å². The summed E-state index contributed by atoms with van der Waals surface area (Å²) in [5, 5.41) is 9.93. The van der Waals surface area contributed by atoms with Crippen LogP contribution in [0.25, 0.3) is 0 Å². The van der Waals surface area contributed by atoms with Crippen LogP contribution in [0, 0.1) is 5.92 Å². The number of nitrogens with zero attached hydrogens (tertiary/aromatic N) is 3. The zero-order valence-electron chi connectivity index (χ0n) is 14.1. The predicted molar refractivity (Wildman–Crippen MR) is 92.1 cm³/mol. The fourth-order valence-corrected chi connectivity index (χ4v) is 3.31. The van der Waals surface area contributed by atoms with E-state index in [4.69, 9.17) is 0 Å². The molecule has 1 aliphatic rings. The first kappa shape index (κ1) is 16.7. The molecule has 1 fully saturated rings. The number of hydrogen-bond acceptors (Lipinski definition) is 3. The predicted octanol–water partition coefficient (Wildman–Crippen LogP) is 2.15. The van der Waals surface area contributed by atoms with Crippen molar-refractivity contribution >= 4 is 5.91 Å². The van der Waals surface area contributed by atoms with Crippen LogP contribution in [0.4, 0.5) is 0 Å². The van der Waals surface area contributed by atoms with Crippen LogP contribution in [0.5, 0.6) is 0 Å². The Morgan fingerprint density at radius 1 is 1.38 bits per heavy atom. The monoisotopic (exact) mass is 327 g/mol. The molecule has 3 rings (SSSR count). The van der Waals surface area contributed by atoms with Gasteiger partial charge in [-0.1, -0.05) is 36.8 Å². The van der Waals surface area contributed by atoms with E-state index in [0.29, 0.717) is 18.9 Å². The fraction of sp³-hybridized carbons (Fsp3) is 0.474. The van der Waals surface area contributed by atoms with E-state index < -0.39 is 0 Å². The summed E-state index contributed by atoms with van der Waals surface area (Å²) < 4.78 is 1.87. The number of aromatic nitrogens is 2. The van der Waals surface area contributed by atoms with Crippen LogP contribution in [0.15, 0.2) is 42.9 Å². The normalized spacial score (nSPS) is 15.8. The first-order valence-electron chi connectivity index (χ1n) is 8.58. The molecule has 1 atom stereocenters. The molecule has 1 heterocycles. The Balaban J connectivity index is 1.80. The van der Waals surface area contributed by atoms with Gasteiger partial charge < -0.3 is 14.6 Å². The van der Waals surface area contributed by atoms with Gasteiger partial charge in [-0.15, -0.1) is 0 Å². The van der Waals surface area contributed by atoms with Crippen molar-refractivity contribution < 1.29 is 9.90 Å². The summed E-state index contributed by atoms with van der Waals surface area (Å²) in [7, 11) is 1.90. The number of aliphatic hydroxyl groups excluding tert-OH is 1. The highest BCUT2D eigenvalue weighted by Gasteiger charge is 2.34. The largest absolute Gasteiger partial charge is 0.394 e. The van der Waals surface area contributed by atoms with Crippen molar-refractivity contribution in [3.63, 3.8) is 0 Å². The van der Waals surface area contributed by atoms with Gasteiger partial charge in [-0.25, -0.2) is 4.98 Å². The Hall–Kier alpha value is -2.14. The van der Waals surface area contributed by atoms with Crippen molar-refractivity contribution in [1.29, 1.82) is 0 Å². The Morgan fingerprint density at radius 3 is 2.67 bits per heavy atom. The fourth-order valence-electron chi connectivity index (χ4n) is 3.31. The number of aliphatic hydroxyl groups is 1. The lowest BCUT2D eigenvalue weighted by Gasteiger charge is -2.40. The number of rotatable bonds is 7. The van der Waals surface area contributed by atoms with Gasteiger partial charge in [0, 0.05) is 25.5 Å². The Morgan fingerprint density at radius 2 is 2.12 bits per heavy atom. The van der Waals surface area contributed by atoms with Crippen LogP contribution >= 0.6 is 0 Å². The van der Waals surface area contributed by atoms with Gasteiger partial charge >= 0.3 is 0 Å². The second kappa shape index (κ2) is 7.62. The van der Waals surface area contributed by atoms with Gasteiger partial charge in [0.2, 0.25) is 5.91 Å². The molecule has 128 valence electrons. The highest BCUT2D eigenvalue weighted by Crippen LogP contribution is 2.33. The van der Waals surface area contributed by atoms with E-state index in [9.17, 15) is 9.90 Å². The van der Waals surface area contributed by atoms with Gasteiger partial charge in [-0.05, 0) is 24.3 Å². The maximum Gasteiger partial charge on any atom is 0.229 e. The van der Waals surface area contributed by atoms with Crippen molar-refractivity contribution in [2.45, 2.75) is 38.3 Å². The molecule has 1 aliphatic carbocycles. The number of benzene rings is 1. The standard InChI is InChI=1S/C19H25N3O2/c1-21-14-20-11-17(21)10-19(24)22(12-15-6-3-2-4-7-15)18(13-23)16-8-5-9-16/h2-4,6-7,11,14,16,18,23H,5,8-10,12-13H2,1H3. The van der Waals surface area contributed by atoms with Crippen LogP contribution in [0.1, 0.15) is 30.5 Å². The Kier molecular flexibility index (Phi) is 5.30. The summed E-state index contributed by atoms with van der Waals surface area (Å²) in [5.74, 6) is 0.461. The first-order valence-corrected chi connectivity index (χ1v) is 8.58. The zero-order chi connectivity index (χ0) is 16.9. The molecule has 5 heteroatoms. The average Bonchev–Trinajstić information content (AvgIpc) is 2.94. The Bertz CT molecular complexity index is 664. The van der Waals surface area contributed by atoms with Gasteiger partial charge in [-0.3, -0.25) is 4.79 Å². The summed E-state index contributed by atoms with van der Waals surface area (Å²) in [6, 6.07) is 9.90. The van der Waals surface area contributed by atoms with Gasteiger partial charge in [0.05, 0.1) is 25.4 Å². The second-order valence-corrected chi connectivity index (χ2v) is 6.62. The molecule has 0 radical (unpaired) electrons. The van der Waals surface area contributed by atoms with E-state index in [-0.39, 0.29) is 18.6 Å². The van der Waals surface area contributed by atoms with E-state index in [1.807, 2.05) is 46.8 Å². The van der Waals surface area contributed by atoms with E-state index in [0.717, 1.165) is 24.1 Å². The van der Waals surface area contributed by atoms with Gasteiger partial charge in [0.15, 0.2) is 0 Å². The molecule has 1 saturated carbocycles. The van der Waals surface area contributed by atoms with Crippen LogP contribution in [-0.2, 0) is 24.8 Å². The highest BCUT2D eigenvalue weighted by atomic mass is 16.3. The third-order valence-electron chi connectivity index (χ3n) is 5.05. The lowest BCUT2D eigenvalue weighted by Crippen LogP contribution is -2.48. The van der Waals surface area contributed by atoms with Crippen molar-refractivity contribution in [3.8, 4) is 0 Å². The summed E-state index contributed by atoms with van der Waals surface area (Å²) >= 11 is 0. The summed E-state index contributed by atoms with van der Waals surface area (Å²) in [4.78, 5) is 18.9. The summed E-state index contributed by atoms with van der Waals surface area (Å²) in [6.07, 6.45) is 7.13. The minimum atomic E-state index is -0.0975. The topological polar surface area (TPSA) is 58.4 Å². The number of imidazole rings is 1. The average molecular weight is 327 g/mol. The van der Waals surface area contributed by atoms with Crippen LogP contribution < -0.4 is 0 Å². The van der Waals surface area contributed by atoms with Gasteiger partial charge in [-0.2, -0.15) is 0 Å². The molecule has 1 N–H and O–H groups in total. The van der Waals surface area contributed by atoms with Gasteiger partial charge in [0.1, 0.15) is 0 Å². The quantitative estimate of drug-likeness (QED) is 0.848. The lowest BCUT2D eigenvalue weighted by molar-refractivity contribution is -0.137. The number of aryl methyl sites for hydroxylation is 1. The molecule has 0 spiro atoms. The third kappa shape index (κ3) is 3.67. The number of amides is 1. The first-order chi connectivity index (χ1) is 11.7. The smallest absolute Gasteiger partial charge is 0.229 e. The summed E-state index contributed by atoms with van der Waals surface area (Å²) in [5.41, 5.74) is 1.98. The molecule has 0 aliphatic heterocycles. The van der Waals surface area contributed by atoms with E-state index >= 15 is 0 Å². The molecule has 2 aromatic rings. The van der Waals surface area contributed by atoms with Crippen molar-refractivity contribution in [2.75, 3.05) is 6.61 Å². The molecule has 1 unspecified atom stereocenters. The molecule has 1 amide bonds. The zero-order valence-corrected chi connectivity index (χ0v) is 14.1. The molecule has 0 bridgehead atoms. The van der Waals surface area contributed by atoms with Gasteiger partial charge in [0.25, 0.3) is 0 Å². The van der Waals surface area contributed by atoms with E-state index in [2.05, 4.69) is 4.98 Å². The molecule has 1 aromatic heterocycles. The number of carbonyl (C=O) groups excluding carboxylic acids is 1. The number of carbonyl (C=O) groups is 1. The molecule has 0 saturated heterocycles. The van der Waals surface area contributed by atoms with Crippen LogP contribution in [-0.4, -0.2) is 38.1 Å². The maximum absolute atomic E-state index is 13.0. The molecular weight excluding hydrogens is 302 g/mol. The van der Waals surface area contributed by atoms with E-state index in [1.165, 1.54) is 6.42 Å². The van der Waals surface area contributed by atoms with Crippen molar-refractivity contribution in [1.82, 2.24) is 14.5 Å². The lowest BCUT2D eigenvalue weighted by atomic mass is 9.79. The second-order valence-electron chi connectivity index (χ2n) is 6.62. The highest BCUT2D eigenvalue weighted by molar-refractivity contribution is 5.78. The third-order valence-corrected chi connectivity index (χ3v) is 5.05. The van der Waals surface area contributed by atoms with Crippen LogP contribution in [0.2, 0.25) is 0 Å². The van der Waals surface area contributed by atoms with Crippen LogP contribution in [0.3, 0.4) is 0 Å². The maximum atomic E-state index is 13.0. The minimum absolute atomic E-state index is 0.0224. The summed E-state index contributed by atoms with van der Waals surface area (Å²) in [6.45, 7) is 0.563. The Labute approximate surface area is 142 Å². The molecule has 5 nitrogen and oxygen atoms in total. The van der Waals surface area contributed by atoms with Crippen molar-refractivity contribution in [2.24, 2.45) is 13.0 Å². The SMILES string of the molecule is Cn1cncc1CC(=O)N(Cc1ccccc1)C(CO)C1CCC1. The minimum Gasteiger partial charge on any atom is -0.394 e. The molecule has 24 heavy (non-hydrogen) atoms. The number of hydrogen-bond donors (Lipinski definition) is 1.